The first-order chi connectivity index (χ1) is 9.13. The Hall–Kier alpha value is -1.29. The van der Waals surface area contributed by atoms with Crippen molar-refractivity contribution in [3.8, 4) is 0 Å². The van der Waals surface area contributed by atoms with Gasteiger partial charge in [-0.05, 0) is 46.5 Å². The fraction of sp³-hybridized carbons (Fsp3) is 0.400. The molecule has 4 heteroatoms. The Morgan fingerprint density at radius 1 is 1.26 bits per heavy atom. The van der Waals surface area contributed by atoms with Gasteiger partial charge in [0.05, 0.1) is 5.41 Å². The van der Waals surface area contributed by atoms with Crippen molar-refractivity contribution in [1.29, 1.82) is 0 Å². The average molecular weight is 322 g/mol. The van der Waals surface area contributed by atoms with E-state index in [1.807, 2.05) is 24.4 Å². The molecule has 1 aromatic heterocycles. The van der Waals surface area contributed by atoms with Crippen LogP contribution in [0, 0.1) is 0 Å². The number of carbonyl (C=O) groups is 1. The zero-order chi connectivity index (χ0) is 13.5. The Labute approximate surface area is 120 Å². The van der Waals surface area contributed by atoms with E-state index in [0.29, 0.717) is 0 Å². The molecule has 1 fully saturated rings. The van der Waals surface area contributed by atoms with Gasteiger partial charge in [0.15, 0.2) is 0 Å². The van der Waals surface area contributed by atoms with Crippen molar-refractivity contribution >= 4 is 32.8 Å². The second-order valence-electron chi connectivity index (χ2n) is 5.34. The number of hydrogen-bond donors (Lipinski definition) is 2. The molecule has 1 aliphatic carbocycles. The molecule has 2 N–H and O–H groups in total. The first kappa shape index (κ1) is 12.7. The van der Waals surface area contributed by atoms with E-state index in [9.17, 15) is 9.90 Å². The molecule has 3 nitrogen and oxygen atoms in total. The van der Waals surface area contributed by atoms with Gasteiger partial charge in [-0.15, -0.1) is 0 Å². The van der Waals surface area contributed by atoms with Crippen molar-refractivity contribution < 1.29 is 9.90 Å². The van der Waals surface area contributed by atoms with Gasteiger partial charge in [0.2, 0.25) is 0 Å². The highest BCUT2D eigenvalue weighted by Gasteiger charge is 2.41. The van der Waals surface area contributed by atoms with Crippen molar-refractivity contribution in [3.05, 3.63) is 34.4 Å². The summed E-state index contributed by atoms with van der Waals surface area (Å²) in [7, 11) is 0. The van der Waals surface area contributed by atoms with Gasteiger partial charge in [0.1, 0.15) is 0 Å². The molecule has 2 aromatic rings. The fourth-order valence-electron chi connectivity index (χ4n) is 3.17. The highest BCUT2D eigenvalue weighted by Crippen LogP contribution is 2.41. The lowest BCUT2D eigenvalue weighted by molar-refractivity contribution is -0.145. The van der Waals surface area contributed by atoms with Gasteiger partial charge in [0.25, 0.3) is 0 Å². The number of carboxylic acid groups (broad SMARTS) is 1. The number of rotatable bonds is 2. The quantitative estimate of drug-likeness (QED) is 0.870. The van der Waals surface area contributed by atoms with Crippen LogP contribution in [-0.4, -0.2) is 16.1 Å². The van der Waals surface area contributed by atoms with Crippen molar-refractivity contribution in [2.24, 2.45) is 0 Å². The molecule has 0 radical (unpaired) electrons. The summed E-state index contributed by atoms with van der Waals surface area (Å²) in [4.78, 5) is 15.0. The van der Waals surface area contributed by atoms with E-state index in [2.05, 4.69) is 20.9 Å². The van der Waals surface area contributed by atoms with Gasteiger partial charge in [-0.1, -0.05) is 25.3 Å². The summed E-state index contributed by atoms with van der Waals surface area (Å²) in [5, 5.41) is 10.8. The Bertz CT molecular complexity index is 626. The number of aliphatic carboxylic acids is 1. The lowest BCUT2D eigenvalue weighted by atomic mass is 9.69. The molecular weight excluding hydrogens is 306 g/mol. The molecule has 0 saturated heterocycles. The Balaban J connectivity index is 2.14. The van der Waals surface area contributed by atoms with E-state index in [1.54, 1.807) is 0 Å². The molecule has 1 heterocycles. The van der Waals surface area contributed by atoms with Crippen LogP contribution >= 0.6 is 15.9 Å². The number of aromatic nitrogens is 1. The molecule has 19 heavy (non-hydrogen) atoms. The smallest absolute Gasteiger partial charge is 0.314 e. The van der Waals surface area contributed by atoms with Crippen molar-refractivity contribution in [3.63, 3.8) is 0 Å². The second-order valence-corrected chi connectivity index (χ2v) is 6.20. The van der Waals surface area contributed by atoms with Gasteiger partial charge < -0.3 is 10.1 Å². The number of halogens is 1. The monoisotopic (exact) mass is 321 g/mol. The molecule has 0 bridgehead atoms. The molecule has 0 aliphatic heterocycles. The largest absolute Gasteiger partial charge is 0.481 e. The van der Waals surface area contributed by atoms with Crippen LogP contribution in [0.5, 0.6) is 0 Å². The van der Waals surface area contributed by atoms with Crippen molar-refractivity contribution in [2.75, 3.05) is 0 Å². The first-order valence-electron chi connectivity index (χ1n) is 6.64. The predicted octanol–water partition coefficient (Wildman–Crippen LogP) is 4.22. The van der Waals surface area contributed by atoms with Gasteiger partial charge in [-0.2, -0.15) is 0 Å². The minimum absolute atomic E-state index is 0.682. The number of H-pyrrole nitrogens is 1. The highest BCUT2D eigenvalue weighted by atomic mass is 79.9. The maximum Gasteiger partial charge on any atom is 0.314 e. The van der Waals surface area contributed by atoms with Gasteiger partial charge >= 0.3 is 5.97 Å². The highest BCUT2D eigenvalue weighted by molar-refractivity contribution is 9.10. The van der Waals surface area contributed by atoms with Gasteiger partial charge in [0, 0.05) is 21.6 Å². The third kappa shape index (κ3) is 1.98. The van der Waals surface area contributed by atoms with Crippen molar-refractivity contribution in [2.45, 2.75) is 37.5 Å². The summed E-state index contributed by atoms with van der Waals surface area (Å²) in [6, 6.07) is 5.97. The van der Waals surface area contributed by atoms with Gasteiger partial charge in [-0.25, -0.2) is 0 Å². The van der Waals surface area contributed by atoms with Crippen LogP contribution in [0.15, 0.2) is 28.9 Å². The third-order valence-corrected chi connectivity index (χ3v) is 4.96. The maximum atomic E-state index is 11.8. The summed E-state index contributed by atoms with van der Waals surface area (Å²) < 4.78 is 0.987. The Kier molecular flexibility index (Phi) is 3.13. The summed E-state index contributed by atoms with van der Waals surface area (Å²) in [6.45, 7) is 0. The molecule has 0 unspecified atom stereocenters. The third-order valence-electron chi connectivity index (χ3n) is 4.30. The summed E-state index contributed by atoms with van der Waals surface area (Å²) in [6.07, 6.45) is 6.52. The average Bonchev–Trinajstić information content (AvgIpc) is 2.80. The Morgan fingerprint density at radius 3 is 2.68 bits per heavy atom. The minimum atomic E-state index is -0.691. The zero-order valence-corrected chi connectivity index (χ0v) is 12.2. The zero-order valence-electron chi connectivity index (χ0n) is 10.6. The number of carboxylic acids is 1. The summed E-state index contributed by atoms with van der Waals surface area (Å²) in [5.41, 5.74) is 1.28. The molecule has 1 aromatic carbocycles. The van der Waals surface area contributed by atoms with Crippen molar-refractivity contribution in [1.82, 2.24) is 4.98 Å². The summed E-state index contributed by atoms with van der Waals surface area (Å²) in [5.74, 6) is -0.682. The maximum absolute atomic E-state index is 11.8. The van der Waals surface area contributed by atoms with Crippen LogP contribution in [0.4, 0.5) is 0 Å². The van der Waals surface area contributed by atoms with E-state index in [-0.39, 0.29) is 0 Å². The van der Waals surface area contributed by atoms with E-state index < -0.39 is 11.4 Å². The van der Waals surface area contributed by atoms with Crippen LogP contribution in [0.1, 0.15) is 37.7 Å². The lowest BCUT2D eigenvalue weighted by Crippen LogP contribution is -2.37. The lowest BCUT2D eigenvalue weighted by Gasteiger charge is -2.33. The standard InChI is InChI=1S/C15H16BrNO2/c16-12-9-17-13-5-4-10(8-11(12)13)15(14(18)19)6-2-1-3-7-15/h4-5,8-9,17H,1-3,6-7H2,(H,18,19). The van der Waals surface area contributed by atoms with Crippen LogP contribution in [-0.2, 0) is 10.2 Å². The summed E-state index contributed by atoms with van der Waals surface area (Å²) >= 11 is 3.50. The first-order valence-corrected chi connectivity index (χ1v) is 7.43. The number of benzene rings is 1. The van der Waals surface area contributed by atoms with Crippen LogP contribution in [0.2, 0.25) is 0 Å². The van der Waals surface area contributed by atoms with E-state index in [1.165, 1.54) is 0 Å². The number of hydrogen-bond acceptors (Lipinski definition) is 1. The normalized spacial score (nSPS) is 18.6. The second kappa shape index (κ2) is 4.67. The number of nitrogens with one attached hydrogen (secondary N) is 1. The number of aromatic amines is 1. The van der Waals surface area contributed by atoms with Crippen LogP contribution in [0.25, 0.3) is 10.9 Å². The fourth-order valence-corrected chi connectivity index (χ4v) is 3.61. The SMILES string of the molecule is O=C(O)C1(c2ccc3[nH]cc(Br)c3c2)CCCCC1. The van der Waals surface area contributed by atoms with Crippen LogP contribution in [0.3, 0.4) is 0 Å². The van der Waals surface area contributed by atoms with Gasteiger partial charge in [-0.3, -0.25) is 4.79 Å². The molecule has 1 aliphatic rings. The van der Waals surface area contributed by atoms with Crippen LogP contribution < -0.4 is 0 Å². The molecule has 0 amide bonds. The molecule has 0 spiro atoms. The molecule has 0 atom stereocenters. The topological polar surface area (TPSA) is 53.1 Å². The Morgan fingerprint density at radius 2 is 2.00 bits per heavy atom. The van der Waals surface area contributed by atoms with E-state index in [0.717, 1.165) is 53.0 Å². The van der Waals surface area contributed by atoms with E-state index in [4.69, 9.17) is 0 Å². The molecular formula is C15H16BrNO2. The predicted molar refractivity (Wildman–Crippen MR) is 78.4 cm³/mol. The molecule has 3 rings (SSSR count). The van der Waals surface area contributed by atoms with E-state index >= 15 is 0 Å². The number of fused-ring (bicyclic) bond motifs is 1. The minimum Gasteiger partial charge on any atom is -0.481 e. The molecule has 100 valence electrons. The molecule has 1 saturated carbocycles.